The van der Waals surface area contributed by atoms with Gasteiger partial charge in [0.1, 0.15) is 9.77 Å². The number of rotatable bonds is 3. The topological polar surface area (TPSA) is 109 Å². The Morgan fingerprint density at radius 1 is 1.35 bits per heavy atom. The van der Waals surface area contributed by atoms with E-state index in [1.807, 2.05) is 0 Å². The Balaban J connectivity index is 2.92. The summed E-state index contributed by atoms with van der Waals surface area (Å²) in [5, 5.41) is 9.36. The highest BCUT2D eigenvalue weighted by atomic mass is 32.2. The Kier molecular flexibility index (Phi) is 2.87. The van der Waals surface area contributed by atoms with Crippen LogP contribution in [0.5, 0.6) is 0 Å². The molecule has 0 amide bonds. The van der Waals surface area contributed by atoms with Crippen molar-refractivity contribution in [1.82, 2.24) is 4.83 Å². The Hall–Kier alpha value is -1.48. The fourth-order valence-corrected chi connectivity index (χ4v) is 3.86. The van der Waals surface area contributed by atoms with Crippen molar-refractivity contribution in [2.45, 2.75) is 4.90 Å². The maximum atomic E-state index is 11.7. The molecule has 8 heteroatoms. The Labute approximate surface area is 101 Å². The monoisotopic (exact) mass is 272 g/mol. The third-order valence-corrected chi connectivity index (χ3v) is 4.73. The van der Waals surface area contributed by atoms with Gasteiger partial charge in [0.15, 0.2) is 0 Å². The second-order valence-corrected chi connectivity index (χ2v) is 5.89. The smallest absolute Gasteiger partial charge is 0.347 e. The summed E-state index contributed by atoms with van der Waals surface area (Å²) in [7, 11) is -4.00. The summed E-state index contributed by atoms with van der Waals surface area (Å²) in [5.41, 5.74) is 0. The highest BCUT2D eigenvalue weighted by Gasteiger charge is 2.27. The zero-order valence-corrected chi connectivity index (χ0v) is 10.0. The van der Waals surface area contributed by atoms with Crippen LogP contribution in [0, 0.1) is 0 Å². The lowest BCUT2D eigenvalue weighted by molar-refractivity contribution is 0.0698. The third-order valence-electron chi connectivity index (χ3n) is 2.17. The molecule has 0 spiro atoms. The normalized spacial score (nSPS) is 11.8. The van der Waals surface area contributed by atoms with E-state index in [1.165, 1.54) is 0 Å². The molecule has 0 atom stereocenters. The molecule has 17 heavy (non-hydrogen) atoms. The lowest BCUT2D eigenvalue weighted by atomic mass is 10.2. The van der Waals surface area contributed by atoms with Gasteiger partial charge in [-0.15, -0.1) is 16.2 Å². The van der Waals surface area contributed by atoms with Gasteiger partial charge >= 0.3 is 5.97 Å². The van der Waals surface area contributed by atoms with Crippen molar-refractivity contribution in [1.29, 1.82) is 0 Å². The molecule has 0 unspecified atom stereocenters. The van der Waals surface area contributed by atoms with Crippen molar-refractivity contribution in [3.05, 3.63) is 29.1 Å². The second-order valence-electron chi connectivity index (χ2n) is 3.18. The van der Waals surface area contributed by atoms with Crippen LogP contribution in [0.2, 0.25) is 0 Å². The van der Waals surface area contributed by atoms with Crippen LogP contribution < -0.4 is 10.7 Å². The standard InChI is InChI=1S/C9H8N2O4S2/c10-11-17(14,15)8-5-3-1-2-4-6(5)16-7(8)9(12)13/h1-4,11H,10H2,(H,12,13). The molecule has 2 rings (SSSR count). The Bertz CT molecular complexity index is 690. The van der Waals surface area contributed by atoms with Crippen molar-refractivity contribution >= 4 is 37.4 Å². The predicted octanol–water partition coefficient (Wildman–Crippen LogP) is 0.751. The summed E-state index contributed by atoms with van der Waals surface area (Å²) in [5.74, 6) is 3.64. The lowest BCUT2D eigenvalue weighted by Gasteiger charge is -2.01. The highest BCUT2D eigenvalue weighted by molar-refractivity contribution is 7.90. The second kappa shape index (κ2) is 4.08. The Morgan fingerprint density at radius 2 is 2.00 bits per heavy atom. The first-order chi connectivity index (χ1) is 7.97. The molecule has 0 aliphatic heterocycles. The molecule has 6 nitrogen and oxygen atoms in total. The van der Waals surface area contributed by atoms with E-state index in [0.29, 0.717) is 10.1 Å². The molecule has 0 bridgehead atoms. The predicted molar refractivity (Wildman–Crippen MR) is 63.3 cm³/mol. The molecule has 0 saturated heterocycles. The summed E-state index contributed by atoms with van der Waals surface area (Å²) in [4.78, 5) is 12.1. The van der Waals surface area contributed by atoms with E-state index in [1.54, 1.807) is 29.1 Å². The molecule has 1 aromatic heterocycles. The molecule has 0 aliphatic carbocycles. The summed E-state index contributed by atoms with van der Waals surface area (Å²) in [6.07, 6.45) is 0. The minimum atomic E-state index is -4.00. The molecule has 4 N–H and O–H groups in total. The highest BCUT2D eigenvalue weighted by Crippen LogP contribution is 2.34. The van der Waals surface area contributed by atoms with Gasteiger partial charge in [0.25, 0.3) is 10.0 Å². The van der Waals surface area contributed by atoms with Gasteiger partial charge in [-0.1, -0.05) is 18.2 Å². The number of benzene rings is 1. The molecule has 0 saturated carbocycles. The average Bonchev–Trinajstić information content (AvgIpc) is 2.69. The van der Waals surface area contributed by atoms with Gasteiger partial charge in [0, 0.05) is 10.1 Å². The van der Waals surface area contributed by atoms with Crippen LogP contribution in [-0.4, -0.2) is 19.5 Å². The molecule has 1 aromatic carbocycles. The number of fused-ring (bicyclic) bond motifs is 1. The molecule has 90 valence electrons. The minimum absolute atomic E-state index is 0.246. The van der Waals surface area contributed by atoms with Gasteiger partial charge in [0.05, 0.1) is 0 Å². The number of thiophene rings is 1. The van der Waals surface area contributed by atoms with Crippen molar-refractivity contribution in [3.8, 4) is 0 Å². The third kappa shape index (κ3) is 1.91. The van der Waals surface area contributed by atoms with Crippen LogP contribution >= 0.6 is 11.3 Å². The number of carboxylic acid groups (broad SMARTS) is 1. The Morgan fingerprint density at radius 3 is 2.59 bits per heavy atom. The van der Waals surface area contributed by atoms with Gasteiger partial charge in [-0.25, -0.2) is 13.2 Å². The minimum Gasteiger partial charge on any atom is -0.477 e. The molecular formula is C9H8N2O4S2. The summed E-state index contributed by atoms with van der Waals surface area (Å²) in [6, 6.07) is 6.54. The summed E-state index contributed by atoms with van der Waals surface area (Å²) in [6.45, 7) is 0. The van der Waals surface area contributed by atoms with Gasteiger partial charge in [0.2, 0.25) is 0 Å². The summed E-state index contributed by atoms with van der Waals surface area (Å²) < 4.78 is 24.0. The van der Waals surface area contributed by atoms with Crippen LogP contribution in [0.15, 0.2) is 29.2 Å². The average molecular weight is 272 g/mol. The largest absolute Gasteiger partial charge is 0.477 e. The fraction of sp³-hybridized carbons (Fsp3) is 0. The number of sulfonamides is 1. The number of carboxylic acids is 1. The van der Waals surface area contributed by atoms with Crippen LogP contribution in [-0.2, 0) is 10.0 Å². The first-order valence-electron chi connectivity index (χ1n) is 4.44. The maximum Gasteiger partial charge on any atom is 0.347 e. The van der Waals surface area contributed by atoms with Gasteiger partial charge in [-0.3, -0.25) is 5.84 Å². The fourth-order valence-electron chi connectivity index (χ4n) is 1.49. The summed E-state index contributed by atoms with van der Waals surface area (Å²) >= 11 is 0.900. The molecule has 0 fully saturated rings. The van der Waals surface area contributed by atoms with Crippen molar-refractivity contribution in [2.24, 2.45) is 5.84 Å². The van der Waals surface area contributed by atoms with Gasteiger partial charge in [-0.2, -0.15) is 0 Å². The lowest BCUT2D eigenvalue weighted by Crippen LogP contribution is -2.31. The zero-order chi connectivity index (χ0) is 12.6. The van der Waals surface area contributed by atoms with Crippen molar-refractivity contribution in [3.63, 3.8) is 0 Å². The molecule has 2 aromatic rings. The first kappa shape index (κ1) is 12.0. The van der Waals surface area contributed by atoms with Crippen molar-refractivity contribution < 1.29 is 18.3 Å². The molecular weight excluding hydrogens is 264 g/mol. The number of carbonyl (C=O) groups is 1. The first-order valence-corrected chi connectivity index (χ1v) is 6.74. The van der Waals surface area contributed by atoms with Crippen LogP contribution in [0.4, 0.5) is 0 Å². The number of nitrogens with two attached hydrogens (primary N) is 1. The van der Waals surface area contributed by atoms with Crippen molar-refractivity contribution in [2.75, 3.05) is 0 Å². The molecule has 0 radical (unpaired) electrons. The van der Waals surface area contributed by atoms with E-state index in [-0.39, 0.29) is 9.77 Å². The SMILES string of the molecule is NNS(=O)(=O)c1c(C(=O)O)sc2ccccc12. The van der Waals surface area contributed by atoms with E-state index in [4.69, 9.17) is 10.9 Å². The van der Waals surface area contributed by atoms with Crippen LogP contribution in [0.25, 0.3) is 10.1 Å². The number of nitrogens with one attached hydrogen (secondary N) is 1. The molecule has 1 heterocycles. The van der Waals surface area contributed by atoms with E-state index >= 15 is 0 Å². The quantitative estimate of drug-likeness (QED) is 0.564. The number of hydrazine groups is 1. The zero-order valence-electron chi connectivity index (χ0n) is 8.38. The number of aromatic carboxylic acids is 1. The van der Waals surface area contributed by atoms with Crippen LogP contribution in [0.1, 0.15) is 9.67 Å². The number of hydrogen-bond acceptors (Lipinski definition) is 5. The van der Waals surface area contributed by atoms with E-state index in [0.717, 1.165) is 11.3 Å². The van der Waals surface area contributed by atoms with Gasteiger partial charge in [-0.05, 0) is 6.07 Å². The number of hydrogen-bond donors (Lipinski definition) is 3. The van der Waals surface area contributed by atoms with E-state index in [2.05, 4.69) is 0 Å². The van der Waals surface area contributed by atoms with Gasteiger partial charge < -0.3 is 5.11 Å². The van der Waals surface area contributed by atoms with Crippen LogP contribution in [0.3, 0.4) is 0 Å². The molecule has 0 aliphatic rings. The van der Waals surface area contributed by atoms with E-state index < -0.39 is 16.0 Å². The van der Waals surface area contributed by atoms with E-state index in [9.17, 15) is 13.2 Å². The maximum absolute atomic E-state index is 11.7.